The standard InChI is InChI=1S/C21H16NOS/c1-13-14-10-12-24-21(14)19-15-7-3-4-9-17(15)23-20(19)18(13)16-8-5-6-11-22(16)2/h3-12H,1-2H3/q+1. The predicted octanol–water partition coefficient (Wildman–Crippen LogP) is 5.60. The van der Waals surface area contributed by atoms with E-state index in [1.807, 2.05) is 6.07 Å². The van der Waals surface area contributed by atoms with Crippen molar-refractivity contribution in [3.8, 4) is 11.3 Å². The largest absolute Gasteiger partial charge is 0.455 e. The molecule has 116 valence electrons. The number of furan rings is 1. The number of benzene rings is 2. The minimum atomic E-state index is 0.952. The van der Waals surface area contributed by atoms with Crippen LogP contribution < -0.4 is 4.57 Å². The summed E-state index contributed by atoms with van der Waals surface area (Å²) in [5, 5.41) is 5.92. The first-order valence-electron chi connectivity index (χ1n) is 8.02. The van der Waals surface area contributed by atoms with Gasteiger partial charge in [-0.25, -0.2) is 4.57 Å². The third kappa shape index (κ3) is 1.73. The maximum atomic E-state index is 6.34. The van der Waals surface area contributed by atoms with Gasteiger partial charge in [-0.15, -0.1) is 11.3 Å². The van der Waals surface area contributed by atoms with Crippen LogP contribution in [0, 0.1) is 6.92 Å². The molecule has 0 saturated heterocycles. The number of nitrogens with zero attached hydrogens (tertiary/aromatic N) is 1. The number of rotatable bonds is 1. The fraction of sp³-hybridized carbons (Fsp3) is 0.0952. The van der Waals surface area contributed by atoms with E-state index in [9.17, 15) is 0 Å². The SMILES string of the molecule is Cc1c(-c2cccc[n+]2C)c2oc3ccccc3c2c2sccc12. The third-order valence-corrected chi connectivity index (χ3v) is 5.74. The van der Waals surface area contributed by atoms with E-state index in [4.69, 9.17) is 4.42 Å². The number of hydrogen-bond donors (Lipinski definition) is 0. The predicted molar refractivity (Wildman–Crippen MR) is 100 cm³/mol. The molecule has 0 fully saturated rings. The van der Waals surface area contributed by atoms with Crippen LogP contribution in [-0.4, -0.2) is 0 Å². The fourth-order valence-corrected chi connectivity index (χ4v) is 4.65. The normalized spacial score (nSPS) is 11.8. The van der Waals surface area contributed by atoms with Gasteiger partial charge in [-0.05, 0) is 41.5 Å². The molecule has 0 aliphatic carbocycles. The van der Waals surface area contributed by atoms with Crippen molar-refractivity contribution in [2.24, 2.45) is 7.05 Å². The van der Waals surface area contributed by atoms with Gasteiger partial charge in [0, 0.05) is 27.6 Å². The second-order valence-electron chi connectivity index (χ2n) is 6.16. The van der Waals surface area contributed by atoms with Crippen LogP contribution in [0.15, 0.2) is 64.5 Å². The van der Waals surface area contributed by atoms with Gasteiger partial charge >= 0.3 is 0 Å². The number of para-hydroxylation sites is 1. The second-order valence-corrected chi connectivity index (χ2v) is 7.08. The first-order chi connectivity index (χ1) is 11.8. The maximum Gasteiger partial charge on any atom is 0.216 e. The lowest BCUT2D eigenvalue weighted by molar-refractivity contribution is -0.660. The summed E-state index contributed by atoms with van der Waals surface area (Å²) in [6, 6.07) is 16.8. The van der Waals surface area contributed by atoms with Gasteiger partial charge in [-0.2, -0.15) is 0 Å². The van der Waals surface area contributed by atoms with Crippen LogP contribution in [0.4, 0.5) is 0 Å². The van der Waals surface area contributed by atoms with E-state index >= 15 is 0 Å². The highest BCUT2D eigenvalue weighted by molar-refractivity contribution is 7.18. The van der Waals surface area contributed by atoms with Crippen molar-refractivity contribution in [1.29, 1.82) is 0 Å². The summed E-state index contributed by atoms with van der Waals surface area (Å²) >= 11 is 1.79. The van der Waals surface area contributed by atoms with Gasteiger partial charge in [-0.1, -0.05) is 18.2 Å². The van der Waals surface area contributed by atoms with Gasteiger partial charge in [0.1, 0.15) is 12.6 Å². The Kier molecular flexibility index (Phi) is 2.82. The zero-order valence-corrected chi connectivity index (χ0v) is 14.4. The lowest BCUT2D eigenvalue weighted by atomic mass is 9.97. The molecule has 0 spiro atoms. The van der Waals surface area contributed by atoms with Gasteiger partial charge in [0.2, 0.25) is 5.69 Å². The molecule has 0 amide bonds. The van der Waals surface area contributed by atoms with Crippen LogP contribution >= 0.6 is 11.3 Å². The van der Waals surface area contributed by atoms with E-state index < -0.39 is 0 Å². The number of fused-ring (bicyclic) bond motifs is 5. The van der Waals surface area contributed by atoms with E-state index in [1.54, 1.807) is 11.3 Å². The van der Waals surface area contributed by atoms with Gasteiger partial charge in [-0.3, -0.25) is 0 Å². The number of aryl methyl sites for hydroxylation is 2. The zero-order valence-electron chi connectivity index (χ0n) is 13.5. The monoisotopic (exact) mass is 330 g/mol. The van der Waals surface area contributed by atoms with Gasteiger partial charge < -0.3 is 4.42 Å². The summed E-state index contributed by atoms with van der Waals surface area (Å²) in [5.41, 5.74) is 5.58. The Morgan fingerprint density at radius 2 is 1.79 bits per heavy atom. The van der Waals surface area contributed by atoms with Crippen LogP contribution in [-0.2, 0) is 7.05 Å². The lowest BCUT2D eigenvalue weighted by Crippen LogP contribution is -2.30. The second kappa shape index (κ2) is 4.92. The lowest BCUT2D eigenvalue weighted by Gasteiger charge is -2.07. The molecule has 3 aromatic heterocycles. The van der Waals surface area contributed by atoms with E-state index in [-0.39, 0.29) is 0 Å². The first kappa shape index (κ1) is 13.8. The molecule has 3 heterocycles. The van der Waals surface area contributed by atoms with E-state index in [1.165, 1.54) is 37.7 Å². The molecule has 0 bridgehead atoms. The van der Waals surface area contributed by atoms with Crippen molar-refractivity contribution in [1.82, 2.24) is 0 Å². The summed E-state index contributed by atoms with van der Waals surface area (Å²) < 4.78 is 9.82. The highest BCUT2D eigenvalue weighted by Gasteiger charge is 2.23. The molecule has 5 rings (SSSR count). The van der Waals surface area contributed by atoms with E-state index in [0.717, 1.165) is 11.2 Å². The van der Waals surface area contributed by atoms with Crippen molar-refractivity contribution < 1.29 is 8.98 Å². The topological polar surface area (TPSA) is 17.0 Å². The highest BCUT2D eigenvalue weighted by Crippen LogP contribution is 2.44. The van der Waals surface area contributed by atoms with Gasteiger partial charge in [0.05, 0.1) is 5.56 Å². The average molecular weight is 330 g/mol. The fourth-order valence-electron chi connectivity index (χ4n) is 3.64. The van der Waals surface area contributed by atoms with Crippen molar-refractivity contribution in [2.75, 3.05) is 0 Å². The highest BCUT2D eigenvalue weighted by atomic mass is 32.1. The van der Waals surface area contributed by atoms with Crippen molar-refractivity contribution in [3.63, 3.8) is 0 Å². The smallest absolute Gasteiger partial charge is 0.216 e. The summed E-state index contributed by atoms with van der Waals surface area (Å²) in [7, 11) is 2.08. The molecular formula is C21H16NOS+. The molecule has 24 heavy (non-hydrogen) atoms. The molecule has 0 unspecified atom stereocenters. The molecule has 3 heteroatoms. The van der Waals surface area contributed by atoms with E-state index in [2.05, 4.69) is 72.6 Å². The van der Waals surface area contributed by atoms with Crippen LogP contribution in [0.2, 0.25) is 0 Å². The molecule has 2 aromatic carbocycles. The summed E-state index contributed by atoms with van der Waals surface area (Å²) in [6.07, 6.45) is 2.08. The molecule has 2 nitrogen and oxygen atoms in total. The van der Waals surface area contributed by atoms with Gasteiger partial charge in [0.25, 0.3) is 0 Å². The minimum absolute atomic E-state index is 0.952. The molecule has 0 N–H and O–H groups in total. The zero-order chi connectivity index (χ0) is 16.3. The Hall–Kier alpha value is -2.65. The molecule has 0 saturated carbocycles. The molecule has 0 radical (unpaired) electrons. The van der Waals surface area contributed by atoms with Crippen molar-refractivity contribution in [2.45, 2.75) is 6.92 Å². The average Bonchev–Trinajstić information content (AvgIpc) is 3.20. The number of aromatic nitrogens is 1. The summed E-state index contributed by atoms with van der Waals surface area (Å²) in [5.74, 6) is 0. The molecule has 0 atom stereocenters. The Balaban J connectivity index is 2.09. The van der Waals surface area contributed by atoms with Crippen molar-refractivity contribution >= 4 is 43.4 Å². The van der Waals surface area contributed by atoms with Gasteiger partial charge in [0.15, 0.2) is 11.8 Å². The molecular weight excluding hydrogens is 314 g/mol. The Bertz CT molecular complexity index is 1230. The minimum Gasteiger partial charge on any atom is -0.455 e. The first-order valence-corrected chi connectivity index (χ1v) is 8.89. The maximum absolute atomic E-state index is 6.34. The number of thiophene rings is 1. The molecule has 0 aliphatic heterocycles. The Morgan fingerprint density at radius 3 is 2.67 bits per heavy atom. The Morgan fingerprint density at radius 1 is 0.958 bits per heavy atom. The van der Waals surface area contributed by atoms with Crippen LogP contribution in [0.3, 0.4) is 0 Å². The van der Waals surface area contributed by atoms with Crippen LogP contribution in [0.1, 0.15) is 5.56 Å². The van der Waals surface area contributed by atoms with E-state index in [0.29, 0.717) is 0 Å². The molecule has 5 aromatic rings. The Labute approximate surface area is 143 Å². The third-order valence-electron chi connectivity index (χ3n) is 4.80. The van der Waals surface area contributed by atoms with Crippen molar-refractivity contribution in [3.05, 3.63) is 65.7 Å². The quantitative estimate of drug-likeness (QED) is 0.366. The summed E-state index contributed by atoms with van der Waals surface area (Å²) in [6.45, 7) is 2.20. The molecule has 0 aliphatic rings. The number of pyridine rings is 1. The van der Waals surface area contributed by atoms with Crippen LogP contribution in [0.5, 0.6) is 0 Å². The summed E-state index contributed by atoms with van der Waals surface area (Å²) in [4.78, 5) is 0. The van der Waals surface area contributed by atoms with Crippen LogP contribution in [0.25, 0.3) is 43.3 Å². The number of hydrogen-bond acceptors (Lipinski definition) is 2.